The Bertz CT molecular complexity index is 971. The topological polar surface area (TPSA) is 71.1 Å². The fourth-order valence-corrected chi connectivity index (χ4v) is 3.95. The van der Waals surface area contributed by atoms with Gasteiger partial charge in [0.15, 0.2) is 5.13 Å². The summed E-state index contributed by atoms with van der Waals surface area (Å²) in [6.45, 7) is 0. The molecule has 1 aromatic heterocycles. The lowest BCUT2D eigenvalue weighted by Gasteiger charge is -2.09. The van der Waals surface area contributed by atoms with E-state index < -0.39 is 15.8 Å². The van der Waals surface area contributed by atoms with Crippen LogP contribution in [0.5, 0.6) is 0 Å². The van der Waals surface area contributed by atoms with E-state index in [1.165, 1.54) is 29.5 Å². The molecule has 0 aliphatic rings. The summed E-state index contributed by atoms with van der Waals surface area (Å²) in [6.07, 6.45) is 0. The summed E-state index contributed by atoms with van der Waals surface area (Å²) in [5, 5.41) is 5.59. The van der Waals surface area contributed by atoms with Crippen molar-refractivity contribution in [2.75, 3.05) is 17.1 Å². The summed E-state index contributed by atoms with van der Waals surface area (Å²) in [5.74, 6) is -0.792. The van der Waals surface area contributed by atoms with Gasteiger partial charge in [-0.3, -0.25) is 4.72 Å². The number of rotatable bonds is 5. The van der Waals surface area contributed by atoms with E-state index in [1.807, 2.05) is 11.4 Å². The van der Waals surface area contributed by atoms with Gasteiger partial charge in [0.2, 0.25) is 0 Å². The van der Waals surface area contributed by atoms with E-state index in [1.54, 1.807) is 25.2 Å². The van der Waals surface area contributed by atoms with Crippen LogP contribution in [0.1, 0.15) is 0 Å². The monoisotopic (exact) mass is 363 g/mol. The smallest absolute Gasteiger partial charge is 0.264 e. The molecule has 0 saturated heterocycles. The Morgan fingerprint density at radius 1 is 1.12 bits per heavy atom. The first-order valence-electron chi connectivity index (χ1n) is 7.00. The highest BCUT2D eigenvalue weighted by Gasteiger charge is 2.18. The molecule has 0 aliphatic carbocycles. The molecule has 0 atom stereocenters. The molecule has 0 bridgehead atoms. The zero-order chi connectivity index (χ0) is 17.2. The predicted octanol–water partition coefficient (Wildman–Crippen LogP) is 3.79. The van der Waals surface area contributed by atoms with Crippen LogP contribution in [0.15, 0.2) is 58.8 Å². The second-order valence-corrected chi connectivity index (χ2v) is 7.41. The molecule has 0 aliphatic heterocycles. The number of thiazole rings is 1. The summed E-state index contributed by atoms with van der Waals surface area (Å²) in [6, 6.07) is 12.1. The second kappa shape index (κ2) is 6.58. The van der Waals surface area contributed by atoms with Crippen LogP contribution in [0.2, 0.25) is 0 Å². The number of hydrogen-bond acceptors (Lipinski definition) is 5. The summed E-state index contributed by atoms with van der Waals surface area (Å²) < 4.78 is 40.8. The Kier molecular flexibility index (Phi) is 4.50. The van der Waals surface area contributed by atoms with Crippen LogP contribution in [-0.2, 0) is 10.0 Å². The fraction of sp³-hybridized carbons (Fsp3) is 0.0625. The number of nitrogens with zero attached hydrogens (tertiary/aromatic N) is 1. The zero-order valence-corrected chi connectivity index (χ0v) is 14.3. The fourth-order valence-electron chi connectivity index (χ4n) is 2.14. The number of benzene rings is 2. The number of nitrogens with one attached hydrogen (secondary N) is 2. The molecule has 0 saturated carbocycles. The van der Waals surface area contributed by atoms with E-state index in [-0.39, 0.29) is 4.90 Å². The van der Waals surface area contributed by atoms with Crippen LogP contribution < -0.4 is 10.0 Å². The normalized spacial score (nSPS) is 11.2. The molecule has 124 valence electrons. The molecule has 0 amide bonds. The van der Waals surface area contributed by atoms with Gasteiger partial charge in [0.25, 0.3) is 10.0 Å². The molecule has 0 fully saturated rings. The average Bonchev–Trinajstić information content (AvgIpc) is 3.04. The van der Waals surface area contributed by atoms with Crippen molar-refractivity contribution in [2.45, 2.75) is 4.90 Å². The van der Waals surface area contributed by atoms with Gasteiger partial charge in [-0.05, 0) is 24.3 Å². The van der Waals surface area contributed by atoms with Crippen LogP contribution in [-0.4, -0.2) is 20.4 Å². The number of hydrogen-bond donors (Lipinski definition) is 2. The molecular weight excluding hydrogens is 349 g/mol. The standard InChI is InChI=1S/C16H14FN3O2S2/c1-18-16-19-14(10-23-16)11-5-4-6-12(9-11)20-24(21,22)15-8-3-2-7-13(15)17/h2-10,20H,1H3,(H,18,19). The first-order valence-corrected chi connectivity index (χ1v) is 9.37. The van der Waals surface area contributed by atoms with Crippen LogP contribution in [0.4, 0.5) is 15.2 Å². The largest absolute Gasteiger partial charge is 0.365 e. The van der Waals surface area contributed by atoms with Crippen molar-refractivity contribution in [2.24, 2.45) is 0 Å². The summed E-state index contributed by atoms with van der Waals surface area (Å²) >= 11 is 1.45. The van der Waals surface area contributed by atoms with Crippen molar-refractivity contribution < 1.29 is 12.8 Å². The molecular formula is C16H14FN3O2S2. The molecule has 8 heteroatoms. The van der Waals surface area contributed by atoms with Gasteiger partial charge in [-0.1, -0.05) is 24.3 Å². The van der Waals surface area contributed by atoms with Gasteiger partial charge < -0.3 is 5.32 Å². The molecule has 0 spiro atoms. The van der Waals surface area contributed by atoms with Crippen molar-refractivity contribution in [1.29, 1.82) is 0 Å². The van der Waals surface area contributed by atoms with Crippen LogP contribution in [0, 0.1) is 5.82 Å². The Balaban J connectivity index is 1.91. The predicted molar refractivity (Wildman–Crippen MR) is 94.3 cm³/mol. The molecule has 0 radical (unpaired) electrons. The van der Waals surface area contributed by atoms with Crippen molar-refractivity contribution >= 4 is 32.2 Å². The van der Waals surface area contributed by atoms with E-state index in [0.717, 1.165) is 22.5 Å². The minimum absolute atomic E-state index is 0.342. The Morgan fingerprint density at radius 2 is 1.92 bits per heavy atom. The molecule has 2 N–H and O–H groups in total. The maximum atomic E-state index is 13.7. The third-order valence-electron chi connectivity index (χ3n) is 3.25. The number of anilines is 2. The van der Waals surface area contributed by atoms with Gasteiger partial charge in [-0.15, -0.1) is 11.3 Å². The minimum Gasteiger partial charge on any atom is -0.365 e. The molecule has 2 aromatic carbocycles. The van der Waals surface area contributed by atoms with E-state index >= 15 is 0 Å². The van der Waals surface area contributed by atoms with E-state index in [2.05, 4.69) is 15.0 Å². The lowest BCUT2D eigenvalue weighted by molar-refractivity contribution is 0.570. The summed E-state index contributed by atoms with van der Waals surface area (Å²) in [7, 11) is -2.22. The van der Waals surface area contributed by atoms with Gasteiger partial charge in [0, 0.05) is 23.7 Å². The lowest BCUT2D eigenvalue weighted by atomic mass is 10.1. The zero-order valence-electron chi connectivity index (χ0n) is 12.7. The summed E-state index contributed by atoms with van der Waals surface area (Å²) in [4.78, 5) is 3.99. The number of halogens is 1. The molecule has 3 rings (SSSR count). The lowest BCUT2D eigenvalue weighted by Crippen LogP contribution is -2.14. The highest BCUT2D eigenvalue weighted by molar-refractivity contribution is 7.92. The first kappa shape index (κ1) is 16.4. The van der Waals surface area contributed by atoms with Crippen molar-refractivity contribution in [3.05, 3.63) is 59.7 Å². The SMILES string of the molecule is CNc1nc(-c2cccc(NS(=O)(=O)c3ccccc3F)c2)cs1. The van der Waals surface area contributed by atoms with E-state index in [9.17, 15) is 12.8 Å². The molecule has 0 unspecified atom stereocenters. The Hall–Kier alpha value is -2.45. The Labute approximate surface area is 143 Å². The van der Waals surface area contributed by atoms with E-state index in [0.29, 0.717) is 5.69 Å². The first-order chi connectivity index (χ1) is 11.5. The maximum absolute atomic E-state index is 13.7. The van der Waals surface area contributed by atoms with Crippen molar-refractivity contribution in [1.82, 2.24) is 4.98 Å². The van der Waals surface area contributed by atoms with Crippen LogP contribution in [0.3, 0.4) is 0 Å². The highest BCUT2D eigenvalue weighted by atomic mass is 32.2. The van der Waals surface area contributed by atoms with Crippen LogP contribution >= 0.6 is 11.3 Å². The third kappa shape index (κ3) is 3.39. The van der Waals surface area contributed by atoms with Gasteiger partial charge in [0.1, 0.15) is 10.7 Å². The average molecular weight is 363 g/mol. The quantitative estimate of drug-likeness (QED) is 0.723. The van der Waals surface area contributed by atoms with Crippen LogP contribution in [0.25, 0.3) is 11.3 Å². The van der Waals surface area contributed by atoms with Crippen molar-refractivity contribution in [3.8, 4) is 11.3 Å². The second-order valence-electron chi connectivity index (χ2n) is 4.90. The molecule has 5 nitrogen and oxygen atoms in total. The third-order valence-corrected chi connectivity index (χ3v) is 5.53. The van der Waals surface area contributed by atoms with Gasteiger partial charge in [-0.25, -0.2) is 17.8 Å². The van der Waals surface area contributed by atoms with Gasteiger partial charge in [0.05, 0.1) is 5.69 Å². The number of sulfonamides is 1. The maximum Gasteiger partial charge on any atom is 0.264 e. The molecule has 1 heterocycles. The summed E-state index contributed by atoms with van der Waals surface area (Å²) in [5.41, 5.74) is 1.84. The number of aromatic nitrogens is 1. The molecule has 24 heavy (non-hydrogen) atoms. The minimum atomic E-state index is -4.00. The Morgan fingerprint density at radius 3 is 2.62 bits per heavy atom. The van der Waals surface area contributed by atoms with Gasteiger partial charge in [-0.2, -0.15) is 0 Å². The van der Waals surface area contributed by atoms with Crippen molar-refractivity contribution in [3.63, 3.8) is 0 Å². The van der Waals surface area contributed by atoms with E-state index in [4.69, 9.17) is 0 Å². The molecule has 3 aromatic rings. The highest BCUT2D eigenvalue weighted by Crippen LogP contribution is 2.27. The van der Waals surface area contributed by atoms with Gasteiger partial charge >= 0.3 is 0 Å².